The third-order valence-corrected chi connectivity index (χ3v) is 4.73. The summed E-state index contributed by atoms with van der Waals surface area (Å²) in [5.41, 5.74) is 1.30. The van der Waals surface area contributed by atoms with Gasteiger partial charge in [-0.25, -0.2) is 0 Å². The van der Waals surface area contributed by atoms with E-state index in [1.165, 1.54) is 29.5 Å². The van der Waals surface area contributed by atoms with Crippen LogP contribution in [-0.2, 0) is 4.79 Å². The average Bonchev–Trinajstić information content (AvgIpc) is 3.15. The number of thiophene rings is 1. The zero-order chi connectivity index (χ0) is 19.2. The molecular weight excluding hydrogens is 362 g/mol. The van der Waals surface area contributed by atoms with Crippen LogP contribution in [0.15, 0.2) is 72.3 Å². The molecule has 0 bridgehead atoms. The smallest absolute Gasteiger partial charge is 0.270 e. The summed E-state index contributed by atoms with van der Waals surface area (Å²) >= 11 is 1.34. The van der Waals surface area contributed by atoms with Crippen molar-refractivity contribution in [3.05, 3.63) is 87.3 Å². The summed E-state index contributed by atoms with van der Waals surface area (Å²) in [5, 5.41) is 22.9. The lowest BCUT2D eigenvalue weighted by molar-refractivity contribution is -0.384. The number of hydrogen-bond acceptors (Lipinski definition) is 5. The molecule has 0 unspecified atom stereocenters. The van der Waals surface area contributed by atoms with Crippen molar-refractivity contribution in [1.29, 1.82) is 5.26 Å². The minimum absolute atomic E-state index is 0.0120. The number of carbonyl (C=O) groups is 1. The molecule has 0 aliphatic rings. The molecule has 3 rings (SSSR count). The van der Waals surface area contributed by atoms with Gasteiger partial charge in [-0.3, -0.25) is 14.9 Å². The van der Waals surface area contributed by atoms with Gasteiger partial charge in [0.1, 0.15) is 11.6 Å². The molecule has 6 nitrogen and oxygen atoms in total. The van der Waals surface area contributed by atoms with Crippen LogP contribution in [0.5, 0.6) is 0 Å². The number of amides is 1. The van der Waals surface area contributed by atoms with Crippen LogP contribution < -0.4 is 5.32 Å². The van der Waals surface area contributed by atoms with Gasteiger partial charge in [0.2, 0.25) is 0 Å². The van der Waals surface area contributed by atoms with E-state index >= 15 is 0 Å². The number of hydrogen-bond donors (Lipinski definition) is 1. The van der Waals surface area contributed by atoms with Crippen LogP contribution in [0.2, 0.25) is 0 Å². The van der Waals surface area contributed by atoms with E-state index in [-0.39, 0.29) is 11.3 Å². The van der Waals surface area contributed by atoms with Crippen molar-refractivity contribution in [2.24, 2.45) is 0 Å². The Morgan fingerprint density at radius 2 is 1.89 bits per heavy atom. The van der Waals surface area contributed by atoms with Crippen LogP contribution in [0.4, 0.5) is 11.4 Å². The first-order valence-electron chi connectivity index (χ1n) is 7.89. The maximum absolute atomic E-state index is 12.3. The molecule has 0 fully saturated rings. The van der Waals surface area contributed by atoms with Crippen LogP contribution in [0.25, 0.3) is 16.5 Å². The van der Waals surface area contributed by atoms with Gasteiger partial charge in [0.05, 0.1) is 4.92 Å². The van der Waals surface area contributed by atoms with Gasteiger partial charge >= 0.3 is 0 Å². The third kappa shape index (κ3) is 4.45. The normalized spacial score (nSPS) is 10.9. The van der Waals surface area contributed by atoms with Crippen molar-refractivity contribution in [3.63, 3.8) is 0 Å². The molecule has 0 atom stereocenters. The summed E-state index contributed by atoms with van der Waals surface area (Å²) in [6.07, 6.45) is 1.50. The van der Waals surface area contributed by atoms with E-state index < -0.39 is 10.8 Å². The Bertz CT molecular complexity index is 1070. The molecule has 1 aromatic heterocycles. The number of non-ortho nitro benzene ring substituents is 1. The Kier molecular flexibility index (Phi) is 5.40. The molecule has 0 radical (unpaired) electrons. The summed E-state index contributed by atoms with van der Waals surface area (Å²) in [4.78, 5) is 24.3. The SMILES string of the molecule is N#C/C(=C/c1ccc(-c2cccc([N+](=O)[O-])c2)s1)C(=O)Nc1ccccc1. The molecule has 132 valence electrons. The maximum Gasteiger partial charge on any atom is 0.270 e. The number of nitro groups is 1. The molecule has 1 N–H and O–H groups in total. The number of para-hydroxylation sites is 1. The summed E-state index contributed by atoms with van der Waals surface area (Å²) in [7, 11) is 0. The molecule has 1 amide bonds. The molecule has 0 saturated heterocycles. The highest BCUT2D eigenvalue weighted by Gasteiger charge is 2.12. The predicted octanol–water partition coefficient (Wildman–Crippen LogP) is 4.87. The topological polar surface area (TPSA) is 96.0 Å². The zero-order valence-corrected chi connectivity index (χ0v) is 14.8. The first kappa shape index (κ1) is 18.0. The van der Waals surface area contributed by atoms with E-state index in [0.29, 0.717) is 16.1 Å². The fraction of sp³-hybridized carbons (Fsp3) is 0. The lowest BCUT2D eigenvalue weighted by Gasteiger charge is -2.03. The standard InChI is InChI=1S/C20H13N3O3S/c21-13-15(20(24)22-16-6-2-1-3-7-16)12-18-9-10-19(27-18)14-5-4-8-17(11-14)23(25)26/h1-12H,(H,22,24)/b15-12-. The quantitative estimate of drug-likeness (QED) is 0.298. The number of nitriles is 1. The lowest BCUT2D eigenvalue weighted by Crippen LogP contribution is -2.13. The molecule has 0 aliphatic carbocycles. The largest absolute Gasteiger partial charge is 0.321 e. The van der Waals surface area contributed by atoms with Crippen molar-refractivity contribution < 1.29 is 9.72 Å². The highest BCUT2D eigenvalue weighted by atomic mass is 32.1. The van der Waals surface area contributed by atoms with Gasteiger partial charge in [-0.05, 0) is 35.9 Å². The van der Waals surface area contributed by atoms with Gasteiger partial charge in [0, 0.05) is 27.6 Å². The first-order chi connectivity index (χ1) is 13.1. The number of nitro benzene ring substituents is 1. The van der Waals surface area contributed by atoms with E-state index in [4.69, 9.17) is 0 Å². The summed E-state index contributed by atoms with van der Waals surface area (Å²) in [5.74, 6) is -0.492. The molecule has 2 aromatic carbocycles. The number of anilines is 1. The number of nitrogens with zero attached hydrogens (tertiary/aromatic N) is 2. The average molecular weight is 375 g/mol. The second-order valence-electron chi connectivity index (χ2n) is 5.50. The van der Waals surface area contributed by atoms with Gasteiger partial charge < -0.3 is 5.32 Å². The Morgan fingerprint density at radius 3 is 2.59 bits per heavy atom. The second kappa shape index (κ2) is 8.08. The number of nitrogens with one attached hydrogen (secondary N) is 1. The molecule has 1 heterocycles. The molecule has 0 saturated carbocycles. The Morgan fingerprint density at radius 1 is 1.11 bits per heavy atom. The fourth-order valence-corrected chi connectivity index (χ4v) is 3.32. The van der Waals surface area contributed by atoms with Crippen molar-refractivity contribution in [1.82, 2.24) is 0 Å². The van der Waals surface area contributed by atoms with Gasteiger partial charge in [-0.2, -0.15) is 5.26 Å². The summed E-state index contributed by atoms with van der Waals surface area (Å²) < 4.78 is 0. The van der Waals surface area contributed by atoms with E-state index in [9.17, 15) is 20.2 Å². The highest BCUT2D eigenvalue weighted by Crippen LogP contribution is 2.31. The van der Waals surface area contributed by atoms with E-state index in [2.05, 4.69) is 5.32 Å². The summed E-state index contributed by atoms with van der Waals surface area (Å²) in [6.45, 7) is 0. The highest BCUT2D eigenvalue weighted by molar-refractivity contribution is 7.16. The van der Waals surface area contributed by atoms with Crippen LogP contribution in [0, 0.1) is 21.4 Å². The van der Waals surface area contributed by atoms with Crippen LogP contribution in [0.1, 0.15) is 4.88 Å². The number of carbonyl (C=O) groups excluding carboxylic acids is 1. The van der Waals surface area contributed by atoms with Crippen LogP contribution >= 0.6 is 11.3 Å². The second-order valence-corrected chi connectivity index (χ2v) is 6.61. The number of rotatable bonds is 5. The molecular formula is C20H13N3O3S. The molecule has 0 aliphatic heterocycles. The van der Waals surface area contributed by atoms with Gasteiger partial charge in [-0.1, -0.05) is 30.3 Å². The maximum atomic E-state index is 12.3. The minimum Gasteiger partial charge on any atom is -0.321 e. The number of benzene rings is 2. The first-order valence-corrected chi connectivity index (χ1v) is 8.71. The fourth-order valence-electron chi connectivity index (χ4n) is 2.37. The van der Waals surface area contributed by atoms with Crippen molar-refractivity contribution in [2.75, 3.05) is 5.32 Å². The Labute approximate surface area is 159 Å². The van der Waals surface area contributed by atoms with E-state index in [0.717, 1.165) is 4.88 Å². The van der Waals surface area contributed by atoms with Gasteiger partial charge in [0.25, 0.3) is 11.6 Å². The Balaban J connectivity index is 1.82. The molecule has 27 heavy (non-hydrogen) atoms. The monoisotopic (exact) mass is 375 g/mol. The van der Waals surface area contributed by atoms with E-state index in [1.807, 2.05) is 12.1 Å². The lowest BCUT2D eigenvalue weighted by atomic mass is 10.1. The van der Waals surface area contributed by atoms with E-state index in [1.54, 1.807) is 48.5 Å². The van der Waals surface area contributed by atoms with Crippen molar-refractivity contribution in [2.45, 2.75) is 0 Å². The predicted molar refractivity (Wildman–Crippen MR) is 105 cm³/mol. The van der Waals surface area contributed by atoms with Crippen LogP contribution in [0.3, 0.4) is 0 Å². The van der Waals surface area contributed by atoms with Crippen LogP contribution in [-0.4, -0.2) is 10.8 Å². The Hall–Kier alpha value is -3.76. The zero-order valence-electron chi connectivity index (χ0n) is 14.0. The van der Waals surface area contributed by atoms with Crippen molar-refractivity contribution in [3.8, 4) is 16.5 Å². The molecule has 3 aromatic rings. The molecule has 0 spiro atoms. The molecule has 7 heteroatoms. The van der Waals surface area contributed by atoms with Gasteiger partial charge in [0.15, 0.2) is 0 Å². The third-order valence-electron chi connectivity index (χ3n) is 3.65. The summed E-state index contributed by atoms with van der Waals surface area (Å²) in [6, 6.07) is 20.7. The van der Waals surface area contributed by atoms with Crippen molar-refractivity contribution >= 4 is 34.7 Å². The minimum atomic E-state index is -0.492. The van der Waals surface area contributed by atoms with Gasteiger partial charge in [-0.15, -0.1) is 11.3 Å².